The normalized spacial score (nSPS) is 19.3. The Kier molecular flexibility index (Phi) is 5.67. The van der Waals surface area contributed by atoms with Gasteiger partial charge in [0.1, 0.15) is 5.75 Å². The van der Waals surface area contributed by atoms with Crippen LogP contribution in [0, 0.1) is 5.92 Å². The number of hydrogen-bond acceptors (Lipinski definition) is 5. The number of anilines is 3. The minimum absolute atomic E-state index is 0.0546. The van der Waals surface area contributed by atoms with Gasteiger partial charge in [-0.3, -0.25) is 9.59 Å². The number of methoxy groups -OCH3 is 1. The molecule has 1 N–H and O–H groups in total. The topological polar surface area (TPSA) is 71.1 Å². The van der Waals surface area contributed by atoms with E-state index in [0.29, 0.717) is 12.3 Å². The zero-order valence-corrected chi connectivity index (χ0v) is 16.5. The number of rotatable bonds is 5. The molecule has 0 spiro atoms. The minimum Gasteiger partial charge on any atom is -0.497 e. The van der Waals surface area contributed by atoms with Crippen molar-refractivity contribution in [3.05, 3.63) is 48.5 Å². The molecular formula is C22H25N3O4. The zero-order chi connectivity index (χ0) is 20.2. The summed E-state index contributed by atoms with van der Waals surface area (Å²) in [6.07, 6.45) is 0.203. The van der Waals surface area contributed by atoms with Crippen LogP contribution in [0.25, 0.3) is 0 Å². The third-order valence-electron chi connectivity index (χ3n) is 5.37. The lowest BCUT2D eigenvalue weighted by atomic mass is 10.1. The van der Waals surface area contributed by atoms with Crippen LogP contribution in [0.2, 0.25) is 0 Å². The van der Waals surface area contributed by atoms with E-state index in [2.05, 4.69) is 10.2 Å². The summed E-state index contributed by atoms with van der Waals surface area (Å²) in [6.45, 7) is 3.58. The van der Waals surface area contributed by atoms with Gasteiger partial charge in [-0.25, -0.2) is 0 Å². The Bertz CT molecular complexity index is 878. The number of hydrogen-bond donors (Lipinski definition) is 1. The molecule has 2 heterocycles. The number of nitrogens with zero attached hydrogens (tertiary/aromatic N) is 2. The van der Waals surface area contributed by atoms with Crippen molar-refractivity contribution < 1.29 is 19.1 Å². The molecule has 152 valence electrons. The lowest BCUT2D eigenvalue weighted by molar-refractivity contribution is -0.122. The lowest BCUT2D eigenvalue weighted by Gasteiger charge is -2.28. The molecule has 29 heavy (non-hydrogen) atoms. The summed E-state index contributed by atoms with van der Waals surface area (Å²) in [5.74, 6) is 0.111. The maximum atomic E-state index is 12.7. The Hall–Kier alpha value is -3.06. The van der Waals surface area contributed by atoms with Crippen molar-refractivity contribution in [1.82, 2.24) is 0 Å². The van der Waals surface area contributed by atoms with E-state index in [1.165, 1.54) is 0 Å². The van der Waals surface area contributed by atoms with Crippen LogP contribution in [-0.4, -0.2) is 51.8 Å². The van der Waals surface area contributed by atoms with E-state index in [1.807, 2.05) is 48.5 Å². The molecule has 0 bridgehead atoms. The van der Waals surface area contributed by atoms with Crippen LogP contribution < -0.4 is 19.9 Å². The molecule has 7 heteroatoms. The Balaban J connectivity index is 1.38. The average Bonchev–Trinajstić information content (AvgIpc) is 3.17. The molecule has 1 atom stereocenters. The van der Waals surface area contributed by atoms with Gasteiger partial charge < -0.3 is 24.6 Å². The minimum atomic E-state index is -0.382. The van der Waals surface area contributed by atoms with E-state index in [4.69, 9.17) is 9.47 Å². The Labute approximate surface area is 170 Å². The molecule has 2 aliphatic rings. The zero-order valence-electron chi connectivity index (χ0n) is 16.5. The fourth-order valence-electron chi connectivity index (χ4n) is 3.73. The summed E-state index contributed by atoms with van der Waals surface area (Å²) in [4.78, 5) is 29.1. The Morgan fingerprint density at radius 2 is 1.86 bits per heavy atom. The molecule has 2 fully saturated rings. The first-order chi connectivity index (χ1) is 14.1. The number of ether oxygens (including phenoxy) is 2. The first kappa shape index (κ1) is 19.3. The summed E-state index contributed by atoms with van der Waals surface area (Å²) in [7, 11) is 1.59. The molecule has 0 aromatic heterocycles. The van der Waals surface area contributed by atoms with Gasteiger partial charge in [-0.15, -0.1) is 0 Å². The van der Waals surface area contributed by atoms with Crippen LogP contribution in [0.1, 0.15) is 6.42 Å². The highest BCUT2D eigenvalue weighted by atomic mass is 16.5. The summed E-state index contributed by atoms with van der Waals surface area (Å²) in [5, 5.41) is 2.94. The first-order valence-corrected chi connectivity index (χ1v) is 9.82. The second-order valence-electron chi connectivity index (χ2n) is 7.24. The standard InChI is InChI=1S/C22H25N3O4/c1-28-20-4-2-3-19(14-20)25-15-16(13-21(25)26)22(27)23-17-5-7-18(8-6-17)24-9-11-29-12-10-24/h2-8,14,16H,9-13,15H2,1H3,(H,23,27)/t16-/m1/s1. The maximum Gasteiger partial charge on any atom is 0.229 e. The van der Waals surface area contributed by atoms with Gasteiger partial charge in [-0.1, -0.05) is 6.07 Å². The molecule has 0 radical (unpaired) electrons. The van der Waals surface area contributed by atoms with E-state index < -0.39 is 0 Å². The van der Waals surface area contributed by atoms with Crippen molar-refractivity contribution in [2.75, 3.05) is 55.1 Å². The van der Waals surface area contributed by atoms with E-state index in [1.54, 1.807) is 12.0 Å². The van der Waals surface area contributed by atoms with Crippen LogP contribution >= 0.6 is 0 Å². The smallest absolute Gasteiger partial charge is 0.229 e. The predicted octanol–water partition coefficient (Wildman–Crippen LogP) is 2.52. The van der Waals surface area contributed by atoms with Gasteiger partial charge in [-0.2, -0.15) is 0 Å². The van der Waals surface area contributed by atoms with Gasteiger partial charge in [0.15, 0.2) is 0 Å². The summed E-state index contributed by atoms with van der Waals surface area (Å²) in [5.41, 5.74) is 2.60. The van der Waals surface area contributed by atoms with Crippen LogP contribution in [0.4, 0.5) is 17.1 Å². The van der Waals surface area contributed by atoms with Crippen LogP contribution in [0.15, 0.2) is 48.5 Å². The highest BCUT2D eigenvalue weighted by Crippen LogP contribution is 2.29. The van der Waals surface area contributed by atoms with E-state index >= 15 is 0 Å². The Morgan fingerprint density at radius 1 is 1.10 bits per heavy atom. The highest BCUT2D eigenvalue weighted by Gasteiger charge is 2.35. The highest BCUT2D eigenvalue weighted by molar-refractivity contribution is 6.03. The molecule has 2 saturated heterocycles. The van der Waals surface area contributed by atoms with Crippen LogP contribution in [-0.2, 0) is 14.3 Å². The van der Waals surface area contributed by atoms with E-state index in [9.17, 15) is 9.59 Å². The molecule has 2 amide bonds. The van der Waals surface area contributed by atoms with E-state index in [0.717, 1.165) is 43.4 Å². The molecule has 0 aliphatic carbocycles. The summed E-state index contributed by atoms with van der Waals surface area (Å²) in [6, 6.07) is 15.1. The van der Waals surface area contributed by atoms with Gasteiger partial charge in [0, 0.05) is 49.2 Å². The number of morpholine rings is 1. The molecular weight excluding hydrogens is 370 g/mol. The van der Waals surface area contributed by atoms with Gasteiger partial charge >= 0.3 is 0 Å². The van der Waals surface area contributed by atoms with Gasteiger partial charge in [0.2, 0.25) is 11.8 Å². The first-order valence-electron chi connectivity index (χ1n) is 9.82. The Morgan fingerprint density at radius 3 is 2.59 bits per heavy atom. The summed E-state index contributed by atoms with van der Waals surface area (Å²) >= 11 is 0. The van der Waals surface area contributed by atoms with Crippen molar-refractivity contribution in [3.8, 4) is 5.75 Å². The number of carbonyl (C=O) groups excluding carboxylic acids is 2. The fourth-order valence-corrected chi connectivity index (χ4v) is 3.73. The quantitative estimate of drug-likeness (QED) is 0.842. The van der Waals surface area contributed by atoms with Crippen molar-refractivity contribution in [1.29, 1.82) is 0 Å². The van der Waals surface area contributed by atoms with Gasteiger partial charge in [0.05, 0.1) is 26.2 Å². The summed E-state index contributed by atoms with van der Waals surface area (Å²) < 4.78 is 10.6. The molecule has 4 rings (SSSR count). The van der Waals surface area contributed by atoms with Gasteiger partial charge in [0.25, 0.3) is 0 Å². The van der Waals surface area contributed by atoms with Crippen LogP contribution in [0.3, 0.4) is 0 Å². The monoisotopic (exact) mass is 395 g/mol. The number of nitrogens with one attached hydrogen (secondary N) is 1. The number of carbonyl (C=O) groups is 2. The van der Waals surface area contributed by atoms with Gasteiger partial charge in [-0.05, 0) is 36.4 Å². The molecule has 0 unspecified atom stereocenters. The van der Waals surface area contributed by atoms with E-state index in [-0.39, 0.29) is 24.2 Å². The van der Waals surface area contributed by atoms with Crippen LogP contribution in [0.5, 0.6) is 5.75 Å². The lowest BCUT2D eigenvalue weighted by Crippen LogP contribution is -2.36. The SMILES string of the molecule is COc1cccc(N2C[C@H](C(=O)Nc3ccc(N4CCOCC4)cc3)CC2=O)c1. The number of amides is 2. The molecule has 2 aromatic rings. The van der Waals surface area contributed by atoms with Crippen molar-refractivity contribution in [3.63, 3.8) is 0 Å². The van der Waals surface area contributed by atoms with Crippen molar-refractivity contribution in [2.24, 2.45) is 5.92 Å². The average molecular weight is 395 g/mol. The molecule has 0 saturated carbocycles. The fraction of sp³-hybridized carbons (Fsp3) is 0.364. The predicted molar refractivity (Wildman–Crippen MR) is 112 cm³/mol. The molecule has 7 nitrogen and oxygen atoms in total. The maximum absolute atomic E-state index is 12.7. The third kappa shape index (κ3) is 4.35. The second-order valence-corrected chi connectivity index (χ2v) is 7.24. The number of benzene rings is 2. The second kappa shape index (κ2) is 8.53. The third-order valence-corrected chi connectivity index (χ3v) is 5.37. The molecule has 2 aliphatic heterocycles. The van der Waals surface area contributed by atoms with Crippen molar-refractivity contribution in [2.45, 2.75) is 6.42 Å². The van der Waals surface area contributed by atoms with Crippen molar-refractivity contribution >= 4 is 28.9 Å². The molecule has 2 aromatic carbocycles. The largest absolute Gasteiger partial charge is 0.497 e.